The van der Waals surface area contributed by atoms with Crippen molar-refractivity contribution in [3.05, 3.63) is 52.8 Å². The van der Waals surface area contributed by atoms with Crippen LogP contribution >= 0.6 is 0 Å². The van der Waals surface area contributed by atoms with Gasteiger partial charge in [-0.25, -0.2) is 4.79 Å². The van der Waals surface area contributed by atoms with Crippen molar-refractivity contribution in [2.75, 3.05) is 26.7 Å². The van der Waals surface area contributed by atoms with E-state index < -0.39 is 5.60 Å². The Morgan fingerprint density at radius 2 is 1.88 bits per heavy atom. The molecule has 174 valence electrons. The lowest BCUT2D eigenvalue weighted by Gasteiger charge is -2.35. The first-order valence-electron chi connectivity index (χ1n) is 11.4. The van der Waals surface area contributed by atoms with Gasteiger partial charge >= 0.3 is 6.09 Å². The summed E-state index contributed by atoms with van der Waals surface area (Å²) in [5.41, 5.74) is 2.98. The average Bonchev–Trinajstić information content (AvgIpc) is 3.00. The van der Waals surface area contributed by atoms with Crippen LogP contribution in [-0.2, 0) is 11.3 Å². The largest absolute Gasteiger partial charge is 0.444 e. The van der Waals surface area contributed by atoms with Crippen LogP contribution in [0.2, 0.25) is 0 Å². The molecule has 0 aliphatic carbocycles. The van der Waals surface area contributed by atoms with Crippen LogP contribution in [-0.4, -0.2) is 63.9 Å². The Labute approximate surface area is 191 Å². The van der Waals surface area contributed by atoms with E-state index in [1.807, 2.05) is 62.4 Å². The van der Waals surface area contributed by atoms with Gasteiger partial charge < -0.3 is 14.5 Å². The summed E-state index contributed by atoms with van der Waals surface area (Å²) in [6, 6.07) is 10.1. The monoisotopic (exact) mass is 440 g/mol. The van der Waals surface area contributed by atoms with Crippen molar-refractivity contribution in [1.82, 2.24) is 19.6 Å². The molecule has 0 saturated carbocycles. The summed E-state index contributed by atoms with van der Waals surface area (Å²) in [4.78, 5) is 29.3. The van der Waals surface area contributed by atoms with Crippen molar-refractivity contribution in [1.29, 1.82) is 0 Å². The minimum atomic E-state index is -0.519. The van der Waals surface area contributed by atoms with E-state index in [9.17, 15) is 9.59 Å². The SMILES string of the molecule is Cc1nn(Cc2ccccc2)c(C)c1C(=O)N1CCCC(CN(C)C(=O)OC(C)(C)C)C1. The molecule has 0 N–H and O–H groups in total. The summed E-state index contributed by atoms with van der Waals surface area (Å²) in [6.45, 7) is 12.0. The molecule has 1 atom stereocenters. The summed E-state index contributed by atoms with van der Waals surface area (Å²) in [6.07, 6.45) is 1.59. The van der Waals surface area contributed by atoms with Gasteiger partial charge in [-0.05, 0) is 58.9 Å². The number of amides is 2. The van der Waals surface area contributed by atoms with Gasteiger partial charge in [0.25, 0.3) is 5.91 Å². The van der Waals surface area contributed by atoms with Gasteiger partial charge in [0.15, 0.2) is 0 Å². The van der Waals surface area contributed by atoms with Gasteiger partial charge in [0.2, 0.25) is 0 Å². The average molecular weight is 441 g/mol. The Morgan fingerprint density at radius 1 is 1.19 bits per heavy atom. The Morgan fingerprint density at radius 3 is 2.53 bits per heavy atom. The number of rotatable bonds is 5. The molecule has 1 aliphatic rings. The number of hydrogen-bond acceptors (Lipinski definition) is 4. The summed E-state index contributed by atoms with van der Waals surface area (Å²) in [7, 11) is 1.76. The smallest absolute Gasteiger partial charge is 0.410 e. The number of ether oxygens (including phenoxy) is 1. The molecular weight excluding hydrogens is 404 g/mol. The Kier molecular flexibility index (Phi) is 7.26. The number of piperidine rings is 1. The molecule has 1 aromatic heterocycles. The van der Waals surface area contributed by atoms with Crippen LogP contribution in [0.25, 0.3) is 0 Å². The molecule has 0 radical (unpaired) electrons. The maximum atomic E-state index is 13.4. The number of aryl methyl sites for hydroxylation is 1. The molecule has 0 bridgehead atoms. The minimum absolute atomic E-state index is 0.0314. The molecule has 1 unspecified atom stereocenters. The molecule has 1 fully saturated rings. The van der Waals surface area contributed by atoms with Crippen LogP contribution in [0.15, 0.2) is 30.3 Å². The van der Waals surface area contributed by atoms with Gasteiger partial charge in [-0.3, -0.25) is 9.48 Å². The lowest BCUT2D eigenvalue weighted by Crippen LogP contribution is -2.45. The number of benzene rings is 1. The second-order valence-corrected chi connectivity index (χ2v) is 9.81. The fourth-order valence-electron chi connectivity index (χ4n) is 4.28. The predicted octanol–water partition coefficient (Wildman–Crippen LogP) is 4.27. The molecule has 1 saturated heterocycles. The van der Waals surface area contributed by atoms with Crippen molar-refractivity contribution >= 4 is 12.0 Å². The molecule has 1 aliphatic heterocycles. The second kappa shape index (κ2) is 9.76. The van der Waals surface area contributed by atoms with Crippen molar-refractivity contribution in [3.63, 3.8) is 0 Å². The van der Waals surface area contributed by atoms with E-state index in [2.05, 4.69) is 17.2 Å². The Hall–Kier alpha value is -2.83. The zero-order chi connectivity index (χ0) is 23.5. The lowest BCUT2D eigenvalue weighted by atomic mass is 9.96. The van der Waals surface area contributed by atoms with Gasteiger partial charge in [0.05, 0.1) is 17.8 Å². The Balaban J connectivity index is 1.67. The minimum Gasteiger partial charge on any atom is -0.444 e. The fraction of sp³-hybridized carbons (Fsp3) is 0.560. The zero-order valence-corrected chi connectivity index (χ0v) is 20.2. The van der Waals surface area contributed by atoms with Gasteiger partial charge in [0, 0.05) is 32.4 Å². The highest BCUT2D eigenvalue weighted by molar-refractivity contribution is 5.96. The number of carbonyl (C=O) groups excluding carboxylic acids is 2. The second-order valence-electron chi connectivity index (χ2n) is 9.81. The zero-order valence-electron chi connectivity index (χ0n) is 20.2. The quantitative estimate of drug-likeness (QED) is 0.696. The number of carbonyl (C=O) groups is 2. The molecule has 7 nitrogen and oxygen atoms in total. The Bertz CT molecular complexity index is 946. The first-order chi connectivity index (χ1) is 15.0. The van der Waals surface area contributed by atoms with Crippen molar-refractivity contribution < 1.29 is 14.3 Å². The van der Waals surface area contributed by atoms with E-state index in [1.54, 1.807) is 11.9 Å². The van der Waals surface area contributed by atoms with Crippen LogP contribution < -0.4 is 0 Å². The highest BCUT2D eigenvalue weighted by atomic mass is 16.6. The molecular formula is C25H36N4O3. The van der Waals surface area contributed by atoms with Gasteiger partial charge in [-0.2, -0.15) is 5.10 Å². The van der Waals surface area contributed by atoms with Gasteiger partial charge in [-0.15, -0.1) is 0 Å². The van der Waals surface area contributed by atoms with E-state index in [0.29, 0.717) is 25.2 Å². The van der Waals surface area contributed by atoms with Gasteiger partial charge in [-0.1, -0.05) is 30.3 Å². The van der Waals surface area contributed by atoms with Crippen molar-refractivity contribution in [2.45, 2.75) is 59.6 Å². The molecule has 1 aromatic carbocycles. The number of aromatic nitrogens is 2. The van der Waals surface area contributed by atoms with E-state index in [1.165, 1.54) is 0 Å². The third-order valence-electron chi connectivity index (χ3n) is 5.81. The van der Waals surface area contributed by atoms with Crippen molar-refractivity contribution in [2.24, 2.45) is 5.92 Å². The highest BCUT2D eigenvalue weighted by Gasteiger charge is 2.30. The van der Waals surface area contributed by atoms with E-state index in [4.69, 9.17) is 4.74 Å². The fourth-order valence-corrected chi connectivity index (χ4v) is 4.28. The summed E-state index contributed by atoms with van der Waals surface area (Å²) in [5, 5.41) is 4.65. The third-order valence-corrected chi connectivity index (χ3v) is 5.81. The normalized spacial score (nSPS) is 16.7. The molecule has 2 heterocycles. The van der Waals surface area contributed by atoms with E-state index in [-0.39, 0.29) is 17.9 Å². The van der Waals surface area contributed by atoms with Crippen LogP contribution in [0.5, 0.6) is 0 Å². The first kappa shape index (κ1) is 23.8. The summed E-state index contributed by atoms with van der Waals surface area (Å²) < 4.78 is 7.38. The molecule has 0 spiro atoms. The summed E-state index contributed by atoms with van der Waals surface area (Å²) >= 11 is 0. The summed E-state index contributed by atoms with van der Waals surface area (Å²) in [5.74, 6) is 0.258. The van der Waals surface area contributed by atoms with Crippen LogP contribution in [0.1, 0.15) is 60.9 Å². The molecule has 32 heavy (non-hydrogen) atoms. The van der Waals surface area contributed by atoms with Gasteiger partial charge in [0.1, 0.15) is 5.60 Å². The van der Waals surface area contributed by atoms with Crippen LogP contribution in [0, 0.1) is 19.8 Å². The van der Waals surface area contributed by atoms with Crippen LogP contribution in [0.4, 0.5) is 4.79 Å². The number of hydrogen-bond donors (Lipinski definition) is 0. The third kappa shape index (κ3) is 5.90. The molecule has 2 aromatic rings. The molecule has 2 amide bonds. The maximum absolute atomic E-state index is 13.4. The van der Waals surface area contributed by atoms with E-state index >= 15 is 0 Å². The van der Waals surface area contributed by atoms with Crippen LogP contribution in [0.3, 0.4) is 0 Å². The first-order valence-corrected chi connectivity index (χ1v) is 11.4. The number of likely N-dealkylation sites (tertiary alicyclic amines) is 1. The van der Waals surface area contributed by atoms with E-state index in [0.717, 1.165) is 36.3 Å². The maximum Gasteiger partial charge on any atom is 0.410 e. The lowest BCUT2D eigenvalue weighted by molar-refractivity contribution is 0.0244. The topological polar surface area (TPSA) is 67.7 Å². The number of nitrogens with zero attached hydrogens (tertiary/aromatic N) is 4. The molecule has 3 rings (SSSR count). The highest BCUT2D eigenvalue weighted by Crippen LogP contribution is 2.23. The molecule has 7 heteroatoms. The standard InChI is InChI=1S/C25H36N4O3/c1-18-22(19(2)29(26-18)17-20-11-8-7-9-12-20)23(30)28-14-10-13-21(16-28)15-27(6)24(31)32-25(3,4)5/h7-9,11-12,21H,10,13-17H2,1-6H3. The van der Waals surface area contributed by atoms with Crippen molar-refractivity contribution in [3.8, 4) is 0 Å². The predicted molar refractivity (Wildman–Crippen MR) is 125 cm³/mol.